The molecular formula is C10H14O6. The summed E-state index contributed by atoms with van der Waals surface area (Å²) in [7, 11) is 0. The minimum atomic E-state index is -1.10. The van der Waals surface area contributed by atoms with Gasteiger partial charge in [0.05, 0.1) is 6.61 Å². The Balaban J connectivity index is 3.67. The highest BCUT2D eigenvalue weighted by Gasteiger charge is 2.16. The van der Waals surface area contributed by atoms with Gasteiger partial charge in [-0.3, -0.25) is 0 Å². The van der Waals surface area contributed by atoms with Crippen molar-refractivity contribution in [3.05, 3.63) is 12.2 Å². The van der Waals surface area contributed by atoms with Crippen LogP contribution in [0.5, 0.6) is 0 Å². The zero-order chi connectivity index (χ0) is 12.6. The van der Waals surface area contributed by atoms with Gasteiger partial charge in [-0.1, -0.05) is 6.58 Å². The van der Waals surface area contributed by atoms with Gasteiger partial charge >= 0.3 is 17.9 Å². The fraction of sp³-hybridized carbons (Fsp3) is 0.500. The van der Waals surface area contributed by atoms with Gasteiger partial charge in [0.1, 0.15) is 13.2 Å². The van der Waals surface area contributed by atoms with Gasteiger partial charge in [-0.15, -0.1) is 0 Å². The molecule has 0 saturated carbocycles. The average Bonchev–Trinajstić information content (AvgIpc) is 2.23. The van der Waals surface area contributed by atoms with E-state index in [-0.39, 0.29) is 25.4 Å². The van der Waals surface area contributed by atoms with E-state index in [1.54, 1.807) is 6.92 Å². The molecule has 0 bridgehead atoms. The van der Waals surface area contributed by atoms with Crippen molar-refractivity contribution in [2.24, 2.45) is 0 Å². The van der Waals surface area contributed by atoms with Gasteiger partial charge in [0.25, 0.3) is 0 Å². The Labute approximate surface area is 93.2 Å². The van der Waals surface area contributed by atoms with Crippen LogP contribution in [0.15, 0.2) is 12.2 Å². The van der Waals surface area contributed by atoms with Crippen LogP contribution in [0.4, 0.5) is 0 Å². The fourth-order valence-corrected chi connectivity index (χ4v) is 0.641. The first-order valence-corrected chi connectivity index (χ1v) is 4.65. The molecule has 6 nitrogen and oxygen atoms in total. The third-order valence-electron chi connectivity index (χ3n) is 1.34. The maximum atomic E-state index is 10.9. The molecule has 0 heterocycles. The lowest BCUT2D eigenvalue weighted by Gasteiger charge is -2.05. The number of esters is 3. The van der Waals surface area contributed by atoms with Crippen LogP contribution in [0.25, 0.3) is 0 Å². The largest absolute Gasteiger partial charge is 0.459 e. The van der Waals surface area contributed by atoms with E-state index in [1.165, 1.54) is 6.92 Å². The van der Waals surface area contributed by atoms with Crippen molar-refractivity contribution in [2.75, 3.05) is 19.8 Å². The van der Waals surface area contributed by atoms with Gasteiger partial charge < -0.3 is 14.2 Å². The lowest BCUT2D eigenvalue weighted by molar-refractivity contribution is -0.168. The molecule has 0 rings (SSSR count). The van der Waals surface area contributed by atoms with Crippen molar-refractivity contribution in [2.45, 2.75) is 13.8 Å². The van der Waals surface area contributed by atoms with Gasteiger partial charge in [0, 0.05) is 5.57 Å². The van der Waals surface area contributed by atoms with E-state index >= 15 is 0 Å². The Bertz CT molecular complexity index is 294. The normalized spacial score (nSPS) is 9.12. The second-order valence-electron chi connectivity index (χ2n) is 2.77. The molecule has 0 amide bonds. The number of carbonyl (C=O) groups is 3. The topological polar surface area (TPSA) is 78.9 Å². The van der Waals surface area contributed by atoms with Crippen molar-refractivity contribution in [3.8, 4) is 0 Å². The van der Waals surface area contributed by atoms with Crippen molar-refractivity contribution in [1.82, 2.24) is 0 Å². The monoisotopic (exact) mass is 230 g/mol. The van der Waals surface area contributed by atoms with Gasteiger partial charge in [-0.2, -0.15) is 0 Å². The molecule has 0 aliphatic heterocycles. The lowest BCUT2D eigenvalue weighted by atomic mass is 10.4. The summed E-state index contributed by atoms with van der Waals surface area (Å²) in [5.74, 6) is -2.74. The van der Waals surface area contributed by atoms with Crippen LogP contribution in [0, 0.1) is 0 Å². The summed E-state index contributed by atoms with van der Waals surface area (Å²) in [6, 6.07) is 0. The zero-order valence-corrected chi connectivity index (χ0v) is 9.28. The van der Waals surface area contributed by atoms with Crippen molar-refractivity contribution >= 4 is 17.9 Å². The van der Waals surface area contributed by atoms with Gasteiger partial charge in [-0.25, -0.2) is 14.4 Å². The molecular weight excluding hydrogens is 216 g/mol. The van der Waals surface area contributed by atoms with Crippen molar-refractivity contribution in [3.63, 3.8) is 0 Å². The summed E-state index contributed by atoms with van der Waals surface area (Å²) in [5.41, 5.74) is 0.247. The molecule has 0 N–H and O–H groups in total. The van der Waals surface area contributed by atoms with Crippen LogP contribution >= 0.6 is 0 Å². The Morgan fingerprint density at radius 3 is 1.81 bits per heavy atom. The highest BCUT2D eigenvalue weighted by Crippen LogP contribution is 1.92. The number of carbonyl (C=O) groups excluding carboxylic acids is 3. The van der Waals surface area contributed by atoms with E-state index in [2.05, 4.69) is 20.8 Å². The first kappa shape index (κ1) is 14.2. The van der Waals surface area contributed by atoms with Gasteiger partial charge in [0.15, 0.2) is 0 Å². The highest BCUT2D eigenvalue weighted by atomic mass is 16.6. The van der Waals surface area contributed by atoms with Crippen LogP contribution in [-0.2, 0) is 28.6 Å². The summed E-state index contributed by atoms with van der Waals surface area (Å²) in [4.78, 5) is 32.5. The van der Waals surface area contributed by atoms with Crippen LogP contribution in [-0.4, -0.2) is 37.7 Å². The van der Waals surface area contributed by atoms with Crippen LogP contribution in [0.2, 0.25) is 0 Å². The molecule has 6 heteroatoms. The van der Waals surface area contributed by atoms with E-state index in [0.717, 1.165) is 0 Å². The van der Waals surface area contributed by atoms with E-state index < -0.39 is 17.9 Å². The van der Waals surface area contributed by atoms with Crippen molar-refractivity contribution < 1.29 is 28.6 Å². The zero-order valence-electron chi connectivity index (χ0n) is 9.28. The molecule has 16 heavy (non-hydrogen) atoms. The second kappa shape index (κ2) is 7.44. The second-order valence-corrected chi connectivity index (χ2v) is 2.77. The predicted octanol–water partition coefficient (Wildman–Crippen LogP) is 0.212. The Morgan fingerprint density at radius 2 is 1.38 bits per heavy atom. The summed E-state index contributed by atoms with van der Waals surface area (Å²) in [6.07, 6.45) is 0. The smallest absolute Gasteiger partial charge is 0.417 e. The fourth-order valence-electron chi connectivity index (χ4n) is 0.641. The van der Waals surface area contributed by atoms with E-state index in [0.29, 0.717) is 0 Å². The maximum Gasteiger partial charge on any atom is 0.417 e. The Hall–Kier alpha value is -1.85. The van der Waals surface area contributed by atoms with E-state index in [4.69, 9.17) is 0 Å². The minimum Gasteiger partial charge on any atom is -0.459 e. The molecule has 0 fully saturated rings. The minimum absolute atomic E-state index is 0.0958. The average molecular weight is 230 g/mol. The summed E-state index contributed by atoms with van der Waals surface area (Å²) in [5, 5.41) is 0. The standard InChI is InChI=1S/C10H14O6/c1-4-14-9(12)10(13)16-6-5-15-8(11)7(2)3/h2,4-6H2,1,3H3. The van der Waals surface area contributed by atoms with Crippen LogP contribution in [0.1, 0.15) is 13.8 Å². The molecule has 0 unspecified atom stereocenters. The molecule has 0 aliphatic carbocycles. The molecule has 90 valence electrons. The number of hydrogen-bond donors (Lipinski definition) is 0. The van der Waals surface area contributed by atoms with Crippen LogP contribution in [0.3, 0.4) is 0 Å². The summed E-state index contributed by atoms with van der Waals surface area (Å²) in [6.45, 7) is 6.20. The molecule has 0 spiro atoms. The van der Waals surface area contributed by atoms with Crippen molar-refractivity contribution in [1.29, 1.82) is 0 Å². The molecule has 0 aromatic rings. The molecule has 0 aromatic carbocycles. The number of rotatable bonds is 5. The molecule has 0 saturated heterocycles. The predicted molar refractivity (Wildman–Crippen MR) is 53.4 cm³/mol. The van der Waals surface area contributed by atoms with Gasteiger partial charge in [0.2, 0.25) is 0 Å². The summed E-state index contributed by atoms with van der Waals surface area (Å²) < 4.78 is 13.5. The summed E-state index contributed by atoms with van der Waals surface area (Å²) >= 11 is 0. The number of ether oxygens (including phenoxy) is 3. The first-order valence-electron chi connectivity index (χ1n) is 4.65. The molecule has 0 aromatic heterocycles. The Morgan fingerprint density at radius 1 is 0.938 bits per heavy atom. The third kappa shape index (κ3) is 5.79. The number of hydrogen-bond acceptors (Lipinski definition) is 6. The van der Waals surface area contributed by atoms with E-state index in [1.807, 2.05) is 0 Å². The Kier molecular flexibility index (Phi) is 6.58. The van der Waals surface area contributed by atoms with E-state index in [9.17, 15) is 14.4 Å². The molecule has 0 atom stereocenters. The van der Waals surface area contributed by atoms with Gasteiger partial charge in [-0.05, 0) is 13.8 Å². The third-order valence-corrected chi connectivity index (χ3v) is 1.34. The highest BCUT2D eigenvalue weighted by molar-refractivity contribution is 6.29. The first-order chi connectivity index (χ1) is 7.49. The van der Waals surface area contributed by atoms with Crippen LogP contribution < -0.4 is 0 Å². The SMILES string of the molecule is C=C(C)C(=O)OCCOC(=O)C(=O)OCC. The maximum absolute atomic E-state index is 10.9. The quantitative estimate of drug-likeness (QED) is 0.221. The molecule has 0 radical (unpaired) electrons. The molecule has 0 aliphatic rings. The lowest BCUT2D eigenvalue weighted by Crippen LogP contribution is -2.22.